The van der Waals surface area contributed by atoms with E-state index in [9.17, 15) is 4.79 Å². The van der Waals surface area contributed by atoms with Crippen LogP contribution in [0.2, 0.25) is 0 Å². The Morgan fingerprint density at radius 2 is 2.18 bits per heavy atom. The van der Waals surface area contributed by atoms with Crippen molar-refractivity contribution in [3.8, 4) is 0 Å². The van der Waals surface area contributed by atoms with Gasteiger partial charge < -0.3 is 5.32 Å². The van der Waals surface area contributed by atoms with Crippen molar-refractivity contribution in [2.75, 3.05) is 12.4 Å². The summed E-state index contributed by atoms with van der Waals surface area (Å²) in [4.78, 5) is 11.9. The first-order valence-electron chi connectivity index (χ1n) is 5.93. The Morgan fingerprint density at radius 3 is 2.76 bits per heavy atom. The van der Waals surface area contributed by atoms with Crippen LogP contribution >= 0.6 is 0 Å². The smallest absolute Gasteiger partial charge is 0.164 e. The molecule has 1 N–H and O–H groups in total. The second-order valence-electron chi connectivity index (χ2n) is 3.95. The van der Waals surface area contributed by atoms with Crippen LogP contribution in [0.1, 0.15) is 36.3 Å². The zero-order valence-electron chi connectivity index (χ0n) is 10.4. The number of fused-ring (bicyclic) bond motifs is 1. The second kappa shape index (κ2) is 4.57. The van der Waals surface area contributed by atoms with Crippen LogP contribution < -0.4 is 5.32 Å². The van der Waals surface area contributed by atoms with Gasteiger partial charge in [0, 0.05) is 19.0 Å². The lowest BCUT2D eigenvalue weighted by molar-refractivity contribution is 0.0989. The van der Waals surface area contributed by atoms with Gasteiger partial charge in [0.25, 0.3) is 0 Å². The number of carbonyl (C=O) groups excluding carboxylic acids is 1. The first-order chi connectivity index (χ1) is 8.21. The van der Waals surface area contributed by atoms with Crippen LogP contribution in [0.4, 0.5) is 5.82 Å². The largest absolute Gasteiger partial charge is 0.373 e. The quantitative estimate of drug-likeness (QED) is 0.822. The van der Waals surface area contributed by atoms with Crippen molar-refractivity contribution in [2.24, 2.45) is 0 Å². The SMILES string of the molecule is CCC(=O)c1ccc(NC)n2nc(CC)cc12. The van der Waals surface area contributed by atoms with E-state index in [4.69, 9.17) is 0 Å². The minimum atomic E-state index is 0.153. The predicted molar refractivity (Wildman–Crippen MR) is 68.7 cm³/mol. The number of aryl methyl sites for hydroxylation is 1. The summed E-state index contributed by atoms with van der Waals surface area (Å²) in [6, 6.07) is 5.75. The Morgan fingerprint density at radius 1 is 1.41 bits per heavy atom. The van der Waals surface area contributed by atoms with E-state index in [1.165, 1.54) is 0 Å². The van der Waals surface area contributed by atoms with Gasteiger partial charge in [0.1, 0.15) is 5.82 Å². The molecule has 0 bridgehead atoms. The Kier molecular flexibility index (Phi) is 3.13. The third-order valence-electron chi connectivity index (χ3n) is 2.91. The molecule has 0 amide bonds. The molecule has 2 aromatic rings. The van der Waals surface area contributed by atoms with Gasteiger partial charge in [-0.15, -0.1) is 0 Å². The number of aromatic nitrogens is 2. The second-order valence-corrected chi connectivity index (χ2v) is 3.95. The van der Waals surface area contributed by atoms with Crippen molar-refractivity contribution >= 4 is 17.1 Å². The van der Waals surface area contributed by atoms with Gasteiger partial charge in [-0.1, -0.05) is 13.8 Å². The topological polar surface area (TPSA) is 46.4 Å². The van der Waals surface area contributed by atoms with Crippen LogP contribution in [0.15, 0.2) is 18.2 Å². The maximum Gasteiger partial charge on any atom is 0.164 e. The molecule has 0 aromatic carbocycles. The fraction of sp³-hybridized carbons (Fsp3) is 0.385. The van der Waals surface area contributed by atoms with E-state index in [0.29, 0.717) is 6.42 Å². The summed E-state index contributed by atoms with van der Waals surface area (Å²) in [5.41, 5.74) is 2.64. The van der Waals surface area contributed by atoms with Gasteiger partial charge in [0.2, 0.25) is 0 Å². The normalized spacial score (nSPS) is 10.8. The molecule has 0 unspecified atom stereocenters. The maximum atomic E-state index is 11.9. The molecule has 0 aliphatic heterocycles. The molecular weight excluding hydrogens is 214 g/mol. The number of nitrogens with zero attached hydrogens (tertiary/aromatic N) is 2. The van der Waals surface area contributed by atoms with Crippen molar-refractivity contribution in [2.45, 2.75) is 26.7 Å². The van der Waals surface area contributed by atoms with Crippen LogP contribution in [0.3, 0.4) is 0 Å². The Labute approximate surface area is 101 Å². The van der Waals surface area contributed by atoms with Crippen LogP contribution in [0, 0.1) is 0 Å². The highest BCUT2D eigenvalue weighted by Gasteiger charge is 2.13. The molecule has 0 saturated carbocycles. The van der Waals surface area contributed by atoms with E-state index in [2.05, 4.69) is 17.3 Å². The number of anilines is 1. The lowest BCUT2D eigenvalue weighted by Crippen LogP contribution is -2.04. The van der Waals surface area contributed by atoms with Crippen LogP contribution in [0.25, 0.3) is 5.52 Å². The van der Waals surface area contributed by atoms with Gasteiger partial charge in [-0.05, 0) is 24.6 Å². The minimum Gasteiger partial charge on any atom is -0.373 e. The van der Waals surface area contributed by atoms with Crippen molar-refractivity contribution in [1.82, 2.24) is 9.61 Å². The van der Waals surface area contributed by atoms with Crippen molar-refractivity contribution in [3.63, 3.8) is 0 Å². The minimum absolute atomic E-state index is 0.153. The number of hydrogen-bond donors (Lipinski definition) is 1. The summed E-state index contributed by atoms with van der Waals surface area (Å²) in [5.74, 6) is 1.05. The Hall–Kier alpha value is -1.84. The van der Waals surface area contributed by atoms with Crippen LogP contribution in [-0.4, -0.2) is 22.4 Å². The lowest BCUT2D eigenvalue weighted by Gasteiger charge is -2.06. The van der Waals surface area contributed by atoms with Gasteiger partial charge in [-0.2, -0.15) is 5.10 Å². The molecule has 0 radical (unpaired) electrons. The van der Waals surface area contributed by atoms with Gasteiger partial charge in [-0.25, -0.2) is 4.52 Å². The first kappa shape index (κ1) is 11.6. The third-order valence-corrected chi connectivity index (χ3v) is 2.91. The van der Waals surface area contributed by atoms with Crippen LogP contribution in [-0.2, 0) is 6.42 Å². The molecule has 4 heteroatoms. The number of hydrogen-bond acceptors (Lipinski definition) is 3. The molecule has 2 heterocycles. The highest BCUT2D eigenvalue weighted by molar-refractivity contribution is 6.02. The summed E-state index contributed by atoms with van der Waals surface area (Å²) in [5, 5.41) is 7.56. The van der Waals surface area contributed by atoms with Gasteiger partial charge >= 0.3 is 0 Å². The van der Waals surface area contributed by atoms with E-state index in [1.54, 1.807) is 0 Å². The molecule has 0 atom stereocenters. The van der Waals surface area contributed by atoms with Crippen molar-refractivity contribution in [1.29, 1.82) is 0 Å². The van der Waals surface area contributed by atoms with Gasteiger partial charge in [0.15, 0.2) is 5.78 Å². The summed E-state index contributed by atoms with van der Waals surface area (Å²) in [7, 11) is 1.85. The molecular formula is C13H17N3O. The molecule has 4 nitrogen and oxygen atoms in total. The fourth-order valence-corrected chi connectivity index (χ4v) is 1.91. The van der Waals surface area contributed by atoms with Crippen LogP contribution in [0.5, 0.6) is 0 Å². The lowest BCUT2D eigenvalue weighted by atomic mass is 10.1. The molecule has 2 rings (SSSR count). The van der Waals surface area contributed by atoms with E-state index in [-0.39, 0.29) is 5.78 Å². The first-order valence-corrected chi connectivity index (χ1v) is 5.93. The zero-order chi connectivity index (χ0) is 12.4. The average Bonchev–Trinajstić information content (AvgIpc) is 2.80. The summed E-state index contributed by atoms with van der Waals surface area (Å²) in [6.45, 7) is 3.93. The molecule has 0 spiro atoms. The number of carbonyl (C=O) groups is 1. The van der Waals surface area contributed by atoms with Crippen molar-refractivity contribution in [3.05, 3.63) is 29.5 Å². The monoisotopic (exact) mass is 231 g/mol. The number of Topliss-reactive ketones (excluding diaryl/α,β-unsaturated/α-hetero) is 1. The number of ketones is 1. The van der Waals surface area contributed by atoms with Gasteiger partial charge in [-0.3, -0.25) is 4.79 Å². The van der Waals surface area contributed by atoms with E-state index in [1.807, 2.05) is 36.7 Å². The molecule has 17 heavy (non-hydrogen) atoms. The number of rotatable bonds is 4. The molecule has 0 aliphatic carbocycles. The maximum absolute atomic E-state index is 11.9. The van der Waals surface area contributed by atoms with Crippen molar-refractivity contribution < 1.29 is 4.79 Å². The van der Waals surface area contributed by atoms with E-state index < -0.39 is 0 Å². The fourth-order valence-electron chi connectivity index (χ4n) is 1.91. The Balaban J connectivity index is 2.71. The molecule has 0 saturated heterocycles. The highest BCUT2D eigenvalue weighted by Crippen LogP contribution is 2.20. The molecule has 90 valence electrons. The highest BCUT2D eigenvalue weighted by atomic mass is 16.1. The Bertz CT molecular complexity index is 557. The standard InChI is InChI=1S/C13H17N3O/c1-4-9-8-11-10(12(17)5-2)6-7-13(14-3)16(11)15-9/h6-8,14H,4-5H2,1-3H3. The predicted octanol–water partition coefficient (Wildman–Crippen LogP) is 2.53. The summed E-state index contributed by atoms with van der Waals surface area (Å²) >= 11 is 0. The molecule has 0 aliphatic rings. The van der Waals surface area contributed by atoms with Gasteiger partial charge in [0.05, 0.1) is 11.2 Å². The van der Waals surface area contributed by atoms with E-state index >= 15 is 0 Å². The summed E-state index contributed by atoms with van der Waals surface area (Å²) in [6.07, 6.45) is 1.38. The summed E-state index contributed by atoms with van der Waals surface area (Å²) < 4.78 is 1.81. The molecule has 2 aromatic heterocycles. The number of nitrogens with one attached hydrogen (secondary N) is 1. The van der Waals surface area contributed by atoms with E-state index in [0.717, 1.165) is 29.0 Å². The average molecular weight is 231 g/mol. The zero-order valence-corrected chi connectivity index (χ0v) is 10.4. The molecule has 0 fully saturated rings. The number of pyridine rings is 1. The third kappa shape index (κ3) is 1.90.